The van der Waals surface area contributed by atoms with Gasteiger partial charge in [0.2, 0.25) is 5.91 Å². The number of aromatic nitrogens is 1. The Bertz CT molecular complexity index is 593. The Kier molecular flexibility index (Phi) is 5.95. The first-order valence-electron chi connectivity index (χ1n) is 8.20. The fraction of sp³-hybridized carbons (Fsp3) is 0.500. The van der Waals surface area contributed by atoms with E-state index in [-0.39, 0.29) is 12.0 Å². The lowest BCUT2D eigenvalue weighted by atomic mass is 10.2. The average Bonchev–Trinajstić information content (AvgIpc) is 2.78. The Morgan fingerprint density at radius 1 is 1.17 bits per heavy atom. The Labute approximate surface area is 143 Å². The number of carbonyl (C=O) groups excluding carboxylic acids is 2. The molecule has 1 aromatic heterocycles. The van der Waals surface area contributed by atoms with Crippen molar-refractivity contribution in [3.05, 3.63) is 36.2 Å². The summed E-state index contributed by atoms with van der Waals surface area (Å²) in [6.07, 6.45) is 7.13. The molecule has 2 heterocycles. The van der Waals surface area contributed by atoms with Crippen molar-refractivity contribution in [2.24, 2.45) is 0 Å². The third-order valence-corrected chi connectivity index (χ3v) is 3.56. The molecule has 1 aliphatic rings. The van der Waals surface area contributed by atoms with Crippen LogP contribution >= 0.6 is 0 Å². The van der Waals surface area contributed by atoms with Crippen LogP contribution in [0.15, 0.2) is 30.6 Å². The van der Waals surface area contributed by atoms with Gasteiger partial charge in [-0.15, -0.1) is 0 Å². The van der Waals surface area contributed by atoms with E-state index < -0.39 is 5.60 Å². The van der Waals surface area contributed by atoms with Crippen molar-refractivity contribution in [1.82, 2.24) is 14.8 Å². The summed E-state index contributed by atoms with van der Waals surface area (Å²) < 4.78 is 5.40. The van der Waals surface area contributed by atoms with Crippen molar-refractivity contribution in [2.75, 3.05) is 26.2 Å². The largest absolute Gasteiger partial charge is 0.444 e. The van der Waals surface area contributed by atoms with Crippen LogP contribution in [0.5, 0.6) is 0 Å². The summed E-state index contributed by atoms with van der Waals surface area (Å²) >= 11 is 0. The van der Waals surface area contributed by atoms with E-state index in [9.17, 15) is 9.59 Å². The summed E-state index contributed by atoms with van der Waals surface area (Å²) in [6.45, 7) is 7.78. The Hall–Kier alpha value is -2.37. The number of hydrogen-bond acceptors (Lipinski definition) is 4. The maximum Gasteiger partial charge on any atom is 0.410 e. The van der Waals surface area contributed by atoms with Gasteiger partial charge >= 0.3 is 6.09 Å². The molecular formula is C18H25N3O3. The van der Waals surface area contributed by atoms with Crippen molar-refractivity contribution in [2.45, 2.75) is 32.8 Å². The fourth-order valence-corrected chi connectivity index (χ4v) is 2.39. The quantitative estimate of drug-likeness (QED) is 0.781. The third-order valence-electron chi connectivity index (χ3n) is 3.56. The van der Waals surface area contributed by atoms with Crippen molar-refractivity contribution in [3.63, 3.8) is 0 Å². The van der Waals surface area contributed by atoms with Crippen LogP contribution in [0.25, 0.3) is 6.08 Å². The second kappa shape index (κ2) is 7.95. The van der Waals surface area contributed by atoms with Crippen LogP contribution in [0.2, 0.25) is 0 Å². The van der Waals surface area contributed by atoms with Crippen LogP contribution < -0.4 is 0 Å². The topological polar surface area (TPSA) is 62.7 Å². The Morgan fingerprint density at radius 3 is 2.54 bits per heavy atom. The molecule has 0 aliphatic carbocycles. The van der Waals surface area contributed by atoms with Crippen LogP contribution in [-0.2, 0) is 9.53 Å². The number of amides is 2. The number of nitrogens with zero attached hydrogens (tertiary/aromatic N) is 3. The van der Waals surface area contributed by atoms with Crippen LogP contribution in [0.3, 0.4) is 0 Å². The zero-order valence-corrected chi connectivity index (χ0v) is 14.6. The standard InChI is InChI=1S/C18H25N3O3/c1-18(2,3)24-17(23)21-11-5-10-20(12-13-21)16(22)8-7-15-6-4-9-19-14-15/h4,6-9,14H,5,10-13H2,1-3H3. The lowest BCUT2D eigenvalue weighted by molar-refractivity contribution is -0.125. The zero-order valence-electron chi connectivity index (χ0n) is 14.6. The molecule has 1 aliphatic heterocycles. The first kappa shape index (κ1) is 18.0. The summed E-state index contributed by atoms with van der Waals surface area (Å²) in [5.74, 6) is -0.0510. The summed E-state index contributed by atoms with van der Waals surface area (Å²) in [7, 11) is 0. The van der Waals surface area contributed by atoms with E-state index in [1.807, 2.05) is 32.9 Å². The number of hydrogen-bond donors (Lipinski definition) is 0. The average molecular weight is 331 g/mol. The third kappa shape index (κ3) is 5.68. The monoisotopic (exact) mass is 331 g/mol. The minimum Gasteiger partial charge on any atom is -0.444 e. The van der Waals surface area contributed by atoms with Crippen LogP contribution in [0.4, 0.5) is 4.79 Å². The SMILES string of the molecule is CC(C)(C)OC(=O)N1CCCN(C(=O)C=Cc2cccnc2)CC1. The predicted molar refractivity (Wildman–Crippen MR) is 92.3 cm³/mol. The van der Waals surface area contributed by atoms with Gasteiger partial charge in [-0.1, -0.05) is 6.07 Å². The van der Waals surface area contributed by atoms with E-state index in [2.05, 4.69) is 4.98 Å². The predicted octanol–water partition coefficient (Wildman–Crippen LogP) is 2.56. The van der Waals surface area contributed by atoms with Gasteiger partial charge in [-0.25, -0.2) is 4.79 Å². The first-order chi connectivity index (χ1) is 11.3. The second-order valence-electron chi connectivity index (χ2n) is 6.77. The van der Waals surface area contributed by atoms with Gasteiger partial charge in [0.25, 0.3) is 0 Å². The molecule has 6 heteroatoms. The van der Waals surface area contributed by atoms with Gasteiger partial charge in [0.05, 0.1) is 0 Å². The van der Waals surface area contributed by atoms with E-state index in [1.54, 1.807) is 34.3 Å². The van der Waals surface area contributed by atoms with Crippen molar-refractivity contribution in [3.8, 4) is 0 Å². The molecule has 0 N–H and O–H groups in total. The molecule has 130 valence electrons. The van der Waals surface area contributed by atoms with Crippen LogP contribution in [0.1, 0.15) is 32.8 Å². The smallest absolute Gasteiger partial charge is 0.410 e. The van der Waals surface area contributed by atoms with Gasteiger partial charge < -0.3 is 14.5 Å². The van der Waals surface area contributed by atoms with Gasteiger partial charge in [0, 0.05) is 44.6 Å². The van der Waals surface area contributed by atoms with E-state index in [4.69, 9.17) is 4.74 Å². The van der Waals surface area contributed by atoms with Crippen molar-refractivity contribution in [1.29, 1.82) is 0 Å². The Balaban J connectivity index is 1.89. The first-order valence-corrected chi connectivity index (χ1v) is 8.20. The van der Waals surface area contributed by atoms with E-state index >= 15 is 0 Å². The maximum atomic E-state index is 12.3. The molecular weight excluding hydrogens is 306 g/mol. The molecule has 0 bridgehead atoms. The van der Waals surface area contributed by atoms with Gasteiger partial charge in [0.1, 0.15) is 5.60 Å². The highest BCUT2D eigenvalue weighted by molar-refractivity contribution is 5.91. The van der Waals surface area contributed by atoms with E-state index in [0.29, 0.717) is 26.2 Å². The van der Waals surface area contributed by atoms with Crippen LogP contribution in [0, 0.1) is 0 Å². The molecule has 0 aromatic carbocycles. The molecule has 0 saturated carbocycles. The normalized spacial score (nSPS) is 16.1. The van der Waals surface area contributed by atoms with Crippen molar-refractivity contribution < 1.29 is 14.3 Å². The number of ether oxygens (including phenoxy) is 1. The molecule has 1 aromatic rings. The van der Waals surface area contributed by atoms with Crippen LogP contribution in [-0.4, -0.2) is 58.6 Å². The zero-order chi connectivity index (χ0) is 17.6. The minimum atomic E-state index is -0.509. The Morgan fingerprint density at radius 2 is 1.88 bits per heavy atom. The minimum absolute atomic E-state index is 0.0510. The molecule has 24 heavy (non-hydrogen) atoms. The molecule has 0 radical (unpaired) electrons. The van der Waals surface area contributed by atoms with Gasteiger partial charge in [-0.05, 0) is 44.9 Å². The summed E-state index contributed by atoms with van der Waals surface area (Å²) in [4.78, 5) is 31.9. The molecule has 0 atom stereocenters. The molecule has 2 amide bonds. The summed E-state index contributed by atoms with van der Waals surface area (Å²) in [5, 5.41) is 0. The van der Waals surface area contributed by atoms with E-state index in [1.165, 1.54) is 0 Å². The number of pyridine rings is 1. The molecule has 2 rings (SSSR count). The van der Waals surface area contributed by atoms with Gasteiger partial charge in [-0.3, -0.25) is 9.78 Å². The lowest BCUT2D eigenvalue weighted by Gasteiger charge is -2.26. The molecule has 0 spiro atoms. The van der Waals surface area contributed by atoms with Gasteiger partial charge in [0.15, 0.2) is 0 Å². The highest BCUT2D eigenvalue weighted by Gasteiger charge is 2.25. The highest BCUT2D eigenvalue weighted by Crippen LogP contribution is 2.12. The fourth-order valence-electron chi connectivity index (χ4n) is 2.39. The molecule has 6 nitrogen and oxygen atoms in total. The van der Waals surface area contributed by atoms with E-state index in [0.717, 1.165) is 12.0 Å². The highest BCUT2D eigenvalue weighted by atomic mass is 16.6. The molecule has 1 saturated heterocycles. The number of carbonyl (C=O) groups is 2. The molecule has 0 unspecified atom stereocenters. The summed E-state index contributed by atoms with van der Waals surface area (Å²) in [5.41, 5.74) is 0.377. The summed E-state index contributed by atoms with van der Waals surface area (Å²) in [6, 6.07) is 3.72. The molecule has 1 fully saturated rings. The number of rotatable bonds is 2. The van der Waals surface area contributed by atoms with Crippen molar-refractivity contribution >= 4 is 18.1 Å². The maximum absolute atomic E-state index is 12.3. The second-order valence-corrected chi connectivity index (χ2v) is 6.77. The van der Waals surface area contributed by atoms with Gasteiger partial charge in [-0.2, -0.15) is 0 Å². The lowest BCUT2D eigenvalue weighted by Crippen LogP contribution is -2.39.